The molecule has 138 valence electrons. The number of anilines is 1. The number of piperidine rings is 1. The molecule has 0 spiro atoms. The number of urea groups is 1. The number of hydrogen-bond donors (Lipinski definition) is 3. The summed E-state index contributed by atoms with van der Waals surface area (Å²) in [5, 5.41) is 8.54. The number of benzene rings is 1. The lowest BCUT2D eigenvalue weighted by Crippen LogP contribution is -2.51. The van der Waals surface area contributed by atoms with Crippen molar-refractivity contribution in [2.75, 3.05) is 11.9 Å². The van der Waals surface area contributed by atoms with Crippen LogP contribution in [0.1, 0.15) is 65.5 Å². The Morgan fingerprint density at radius 3 is 2.36 bits per heavy atom. The Hall–Kier alpha value is -2.04. The fourth-order valence-electron chi connectivity index (χ4n) is 2.99. The largest absolute Gasteiger partial charge is 0.354 e. The van der Waals surface area contributed by atoms with Crippen LogP contribution in [-0.4, -0.2) is 24.5 Å². The summed E-state index contributed by atoms with van der Waals surface area (Å²) in [5.74, 6) is -0.110. The minimum absolute atomic E-state index is 0.00736. The minimum atomic E-state index is -0.461. The van der Waals surface area contributed by atoms with E-state index in [1.807, 2.05) is 6.07 Å². The molecular formula is C20H31N3O2. The third-order valence-corrected chi connectivity index (χ3v) is 4.53. The van der Waals surface area contributed by atoms with Crippen LogP contribution >= 0.6 is 0 Å². The smallest absolute Gasteiger partial charge is 0.319 e. The topological polar surface area (TPSA) is 70.2 Å². The maximum atomic E-state index is 12.5. The van der Waals surface area contributed by atoms with Gasteiger partial charge in [-0.1, -0.05) is 53.7 Å². The van der Waals surface area contributed by atoms with Gasteiger partial charge in [0, 0.05) is 12.2 Å². The second-order valence-corrected chi connectivity index (χ2v) is 8.84. The van der Waals surface area contributed by atoms with Crippen LogP contribution in [0.4, 0.5) is 10.5 Å². The van der Waals surface area contributed by atoms with E-state index in [1.165, 1.54) is 0 Å². The molecular weight excluding hydrogens is 314 g/mol. The van der Waals surface area contributed by atoms with Crippen molar-refractivity contribution in [3.63, 3.8) is 0 Å². The van der Waals surface area contributed by atoms with Crippen molar-refractivity contribution in [3.8, 4) is 0 Å². The minimum Gasteiger partial charge on any atom is -0.354 e. The van der Waals surface area contributed by atoms with E-state index in [9.17, 15) is 9.59 Å². The lowest BCUT2D eigenvalue weighted by Gasteiger charge is -2.28. The van der Waals surface area contributed by atoms with E-state index in [0.29, 0.717) is 13.0 Å². The Labute approximate surface area is 151 Å². The summed E-state index contributed by atoms with van der Waals surface area (Å²) < 4.78 is 0. The first-order valence-electron chi connectivity index (χ1n) is 8.99. The molecule has 1 fully saturated rings. The molecule has 1 saturated heterocycles. The second kappa shape index (κ2) is 7.06. The second-order valence-electron chi connectivity index (χ2n) is 8.84. The Morgan fingerprint density at radius 1 is 1.12 bits per heavy atom. The summed E-state index contributed by atoms with van der Waals surface area (Å²) in [7, 11) is 0. The van der Waals surface area contributed by atoms with Gasteiger partial charge in [-0.25, -0.2) is 4.79 Å². The molecule has 1 aromatic carbocycles. The Kier molecular flexibility index (Phi) is 5.45. The molecule has 0 radical (unpaired) electrons. The Morgan fingerprint density at radius 2 is 1.80 bits per heavy atom. The van der Waals surface area contributed by atoms with Crippen molar-refractivity contribution in [1.29, 1.82) is 0 Å². The summed E-state index contributed by atoms with van der Waals surface area (Å²) >= 11 is 0. The number of amides is 3. The predicted octanol–water partition coefficient (Wildman–Crippen LogP) is 3.68. The molecule has 2 rings (SSSR count). The van der Waals surface area contributed by atoms with Crippen LogP contribution in [0.25, 0.3) is 0 Å². The fraction of sp³-hybridized carbons (Fsp3) is 0.600. The molecule has 1 aromatic rings. The van der Waals surface area contributed by atoms with Crippen LogP contribution in [0.5, 0.6) is 0 Å². The van der Waals surface area contributed by atoms with Gasteiger partial charge in [0.1, 0.15) is 6.04 Å². The van der Waals surface area contributed by atoms with Gasteiger partial charge in [-0.3, -0.25) is 4.79 Å². The summed E-state index contributed by atoms with van der Waals surface area (Å²) in [4.78, 5) is 24.3. The van der Waals surface area contributed by atoms with Gasteiger partial charge in [-0.05, 0) is 40.9 Å². The molecule has 0 bridgehead atoms. The molecule has 3 N–H and O–H groups in total. The van der Waals surface area contributed by atoms with Gasteiger partial charge in [0.15, 0.2) is 0 Å². The van der Waals surface area contributed by atoms with Crippen molar-refractivity contribution in [2.45, 2.75) is 71.3 Å². The highest BCUT2D eigenvalue weighted by Crippen LogP contribution is 2.33. The van der Waals surface area contributed by atoms with Crippen molar-refractivity contribution in [2.24, 2.45) is 0 Å². The van der Waals surface area contributed by atoms with Crippen LogP contribution in [0.15, 0.2) is 18.2 Å². The number of rotatable bonds is 2. The van der Waals surface area contributed by atoms with E-state index in [0.717, 1.165) is 23.2 Å². The zero-order valence-corrected chi connectivity index (χ0v) is 16.2. The molecule has 25 heavy (non-hydrogen) atoms. The molecule has 1 atom stereocenters. The third-order valence-electron chi connectivity index (χ3n) is 4.53. The lowest BCUT2D eigenvalue weighted by atomic mass is 9.81. The highest BCUT2D eigenvalue weighted by Gasteiger charge is 2.26. The molecule has 1 aliphatic heterocycles. The first-order chi connectivity index (χ1) is 11.5. The SMILES string of the molecule is CC(C)(C)c1ccc(C(C)(C)C)c(NC(=O)N[C@@H]2CCCNC2=O)c1. The van der Waals surface area contributed by atoms with E-state index >= 15 is 0 Å². The van der Waals surface area contributed by atoms with E-state index in [-0.39, 0.29) is 22.8 Å². The van der Waals surface area contributed by atoms with Crippen LogP contribution < -0.4 is 16.0 Å². The molecule has 0 saturated carbocycles. The molecule has 5 heteroatoms. The maximum Gasteiger partial charge on any atom is 0.319 e. The standard InChI is InChI=1S/C20H31N3O2/c1-19(2,3)13-9-10-14(20(4,5)6)16(12-13)23-18(25)22-15-8-7-11-21-17(15)24/h9-10,12,15H,7-8,11H2,1-6H3,(H,21,24)(H2,22,23,25)/t15-/m1/s1. The zero-order valence-electron chi connectivity index (χ0n) is 16.2. The highest BCUT2D eigenvalue weighted by atomic mass is 16.2. The van der Waals surface area contributed by atoms with Gasteiger partial charge in [0.2, 0.25) is 5.91 Å². The van der Waals surface area contributed by atoms with E-state index in [4.69, 9.17) is 0 Å². The lowest BCUT2D eigenvalue weighted by molar-refractivity contribution is -0.124. The van der Waals surface area contributed by atoms with Crippen molar-refractivity contribution in [3.05, 3.63) is 29.3 Å². The fourth-order valence-corrected chi connectivity index (χ4v) is 2.99. The molecule has 3 amide bonds. The number of carbonyl (C=O) groups is 2. The average Bonchev–Trinajstić information content (AvgIpc) is 2.47. The number of nitrogens with one attached hydrogen (secondary N) is 3. The van der Waals surface area contributed by atoms with Crippen LogP contribution in [0.2, 0.25) is 0 Å². The quantitative estimate of drug-likeness (QED) is 0.765. The summed E-state index contributed by atoms with van der Waals surface area (Å²) in [6, 6.07) is 5.46. The monoisotopic (exact) mass is 345 g/mol. The Bertz CT molecular complexity index is 654. The molecule has 5 nitrogen and oxygen atoms in total. The van der Waals surface area contributed by atoms with Crippen molar-refractivity contribution >= 4 is 17.6 Å². The van der Waals surface area contributed by atoms with Crippen molar-refractivity contribution in [1.82, 2.24) is 10.6 Å². The third kappa shape index (κ3) is 4.97. The summed E-state index contributed by atoms with van der Waals surface area (Å²) in [6.45, 7) is 13.5. The van der Waals surface area contributed by atoms with Gasteiger partial charge in [-0.15, -0.1) is 0 Å². The number of carbonyl (C=O) groups excluding carboxylic acids is 2. The molecule has 0 aromatic heterocycles. The Balaban J connectivity index is 2.23. The van der Waals surface area contributed by atoms with Gasteiger partial charge in [0.05, 0.1) is 0 Å². The molecule has 0 aliphatic carbocycles. The van der Waals surface area contributed by atoms with Gasteiger partial charge in [0.25, 0.3) is 0 Å². The van der Waals surface area contributed by atoms with E-state index in [2.05, 4.69) is 69.6 Å². The van der Waals surface area contributed by atoms with Crippen LogP contribution in [0.3, 0.4) is 0 Å². The van der Waals surface area contributed by atoms with Gasteiger partial charge < -0.3 is 16.0 Å². The van der Waals surface area contributed by atoms with E-state index in [1.54, 1.807) is 0 Å². The zero-order chi connectivity index (χ0) is 18.8. The summed E-state index contributed by atoms with van der Waals surface area (Å²) in [6.07, 6.45) is 1.55. The maximum absolute atomic E-state index is 12.5. The highest BCUT2D eigenvalue weighted by molar-refractivity contribution is 5.94. The first-order valence-corrected chi connectivity index (χ1v) is 8.99. The van der Waals surface area contributed by atoms with Crippen molar-refractivity contribution < 1.29 is 9.59 Å². The van der Waals surface area contributed by atoms with E-state index < -0.39 is 6.04 Å². The van der Waals surface area contributed by atoms with Crippen LogP contribution in [-0.2, 0) is 15.6 Å². The molecule has 0 unspecified atom stereocenters. The summed E-state index contributed by atoms with van der Waals surface area (Å²) in [5.41, 5.74) is 2.93. The normalized spacial score (nSPS) is 18.5. The number of hydrogen-bond acceptors (Lipinski definition) is 2. The predicted molar refractivity (Wildman–Crippen MR) is 102 cm³/mol. The first kappa shape index (κ1) is 19.3. The van der Waals surface area contributed by atoms with Crippen LogP contribution in [0, 0.1) is 0 Å². The van der Waals surface area contributed by atoms with Gasteiger partial charge >= 0.3 is 6.03 Å². The molecule has 1 heterocycles. The molecule has 1 aliphatic rings. The average molecular weight is 345 g/mol. The van der Waals surface area contributed by atoms with Gasteiger partial charge in [-0.2, -0.15) is 0 Å².